The van der Waals surface area contributed by atoms with Crippen molar-refractivity contribution in [1.29, 1.82) is 0 Å². The second kappa shape index (κ2) is 19.2. The molecule has 2 atom stereocenters. The number of nitrogens with zero attached hydrogens (tertiary/aromatic N) is 8. The molecule has 14 nitrogen and oxygen atoms in total. The Balaban J connectivity index is 0.000000158. The standard InChI is InChI=1S/2C22H21ClN6OS/c23-18-9-25-21(28-22(30)15-2-1-5-24-8-15)7-17(18)14-3-4-20-19(6-14)26-12-29(20)10-16-11-31-13-27-16;23-18-9-25-21(28-22(30)15-2-1-5-24-8-15)7-17(18)14-3-4-19-20(6-14)29(12-26-19)10-16-11-31-13-27-16/h2*3-4,6-7,9,11-13,15,24H,1-2,5,8,10H2,(H,25,28,30)/t15-;/m1./s1. The average molecular weight is 906 g/mol. The maximum Gasteiger partial charge on any atom is 0.229 e. The van der Waals surface area contributed by atoms with Gasteiger partial charge >= 0.3 is 0 Å². The number of amides is 2. The number of carbonyl (C=O) groups is 2. The van der Waals surface area contributed by atoms with Crippen LogP contribution in [0.25, 0.3) is 44.3 Å². The van der Waals surface area contributed by atoms with Gasteiger partial charge in [0.15, 0.2) is 0 Å². The maximum atomic E-state index is 12.6. The molecular formula is C44H42Cl2N12O2S2. The number of fused-ring (bicyclic) bond motifs is 2. The van der Waals surface area contributed by atoms with Crippen molar-refractivity contribution < 1.29 is 9.59 Å². The number of hydrogen-bond acceptors (Lipinski definition) is 12. The average Bonchev–Trinajstić information content (AvgIpc) is 4.16. The third-order valence-corrected chi connectivity index (χ3v) is 12.9. The van der Waals surface area contributed by atoms with Crippen LogP contribution in [0.15, 0.2) is 95.4 Å². The minimum atomic E-state index is -0.0360. The molecule has 2 amide bonds. The van der Waals surface area contributed by atoms with Crippen molar-refractivity contribution in [3.05, 3.63) is 117 Å². The molecular weight excluding hydrogens is 864 g/mol. The van der Waals surface area contributed by atoms with E-state index in [1.165, 1.54) is 0 Å². The Hall–Kier alpha value is -5.62. The van der Waals surface area contributed by atoms with Crippen molar-refractivity contribution in [2.24, 2.45) is 11.8 Å². The molecule has 0 aliphatic carbocycles. The van der Waals surface area contributed by atoms with Gasteiger partial charge in [-0.2, -0.15) is 0 Å². The van der Waals surface area contributed by atoms with Crippen LogP contribution in [-0.4, -0.2) is 77.0 Å². The molecule has 4 N–H and O–H groups in total. The smallest absolute Gasteiger partial charge is 0.229 e. The molecule has 1 unspecified atom stereocenters. The fourth-order valence-corrected chi connectivity index (χ4v) is 9.28. The summed E-state index contributed by atoms with van der Waals surface area (Å²) in [5.74, 6) is 0.919. The quantitative estimate of drug-likeness (QED) is 0.105. The lowest BCUT2D eigenvalue weighted by molar-refractivity contribution is -0.121. The van der Waals surface area contributed by atoms with Crippen molar-refractivity contribution in [2.45, 2.75) is 38.8 Å². The van der Waals surface area contributed by atoms with Gasteiger partial charge in [-0.15, -0.1) is 22.7 Å². The first-order valence-corrected chi connectivity index (χ1v) is 23.0. The number of aromatic nitrogens is 8. The number of carbonyl (C=O) groups excluding carboxylic acids is 2. The summed E-state index contributed by atoms with van der Waals surface area (Å²) in [4.78, 5) is 51.5. The molecule has 2 saturated heterocycles. The third kappa shape index (κ3) is 9.70. The Morgan fingerprint density at radius 2 is 1.18 bits per heavy atom. The summed E-state index contributed by atoms with van der Waals surface area (Å²) in [5, 5.41) is 17.6. The molecule has 0 spiro atoms. The molecule has 18 heteroatoms. The summed E-state index contributed by atoms with van der Waals surface area (Å²) in [6.07, 6.45) is 10.6. The highest BCUT2D eigenvalue weighted by molar-refractivity contribution is 7.07. The lowest BCUT2D eigenvalue weighted by Crippen LogP contribution is -2.37. The second-order valence-corrected chi connectivity index (χ2v) is 17.5. The topological polar surface area (TPSA) is 169 Å². The van der Waals surface area contributed by atoms with Crippen molar-refractivity contribution in [2.75, 3.05) is 36.8 Å². The van der Waals surface area contributed by atoms with E-state index in [1.54, 1.807) is 35.1 Å². The van der Waals surface area contributed by atoms with Gasteiger partial charge in [-0.1, -0.05) is 35.3 Å². The van der Waals surface area contributed by atoms with E-state index in [1.807, 2.05) is 76.9 Å². The van der Waals surface area contributed by atoms with E-state index < -0.39 is 0 Å². The number of thiazole rings is 2. The Morgan fingerprint density at radius 1 is 0.645 bits per heavy atom. The summed E-state index contributed by atoms with van der Waals surface area (Å²) in [6, 6.07) is 15.7. The van der Waals surface area contributed by atoms with Gasteiger partial charge in [0.2, 0.25) is 11.8 Å². The van der Waals surface area contributed by atoms with Gasteiger partial charge in [-0.05, 0) is 86.3 Å². The molecule has 2 aliphatic rings. The Labute approximate surface area is 375 Å². The lowest BCUT2D eigenvalue weighted by atomic mass is 9.99. The van der Waals surface area contributed by atoms with Crippen molar-refractivity contribution in [3.8, 4) is 22.3 Å². The minimum Gasteiger partial charge on any atom is -0.324 e. The van der Waals surface area contributed by atoms with Crippen molar-refractivity contribution in [1.82, 2.24) is 49.7 Å². The van der Waals surface area contributed by atoms with Gasteiger partial charge in [-0.25, -0.2) is 29.9 Å². The molecule has 8 aromatic rings. The zero-order chi connectivity index (χ0) is 42.4. The third-order valence-electron chi connectivity index (χ3n) is 11.0. The van der Waals surface area contributed by atoms with E-state index in [0.29, 0.717) is 47.9 Å². The fourth-order valence-electron chi connectivity index (χ4n) is 7.75. The van der Waals surface area contributed by atoms with Crippen LogP contribution in [0.1, 0.15) is 37.1 Å². The highest BCUT2D eigenvalue weighted by Gasteiger charge is 2.23. The van der Waals surface area contributed by atoms with E-state index in [2.05, 4.69) is 66.4 Å². The van der Waals surface area contributed by atoms with Crippen molar-refractivity contribution in [3.63, 3.8) is 0 Å². The second-order valence-electron chi connectivity index (χ2n) is 15.3. The summed E-state index contributed by atoms with van der Waals surface area (Å²) in [6.45, 7) is 4.67. The van der Waals surface area contributed by atoms with Crippen LogP contribution in [0.5, 0.6) is 0 Å². The van der Waals surface area contributed by atoms with Gasteiger partial charge in [0.05, 0.1) is 92.1 Å². The molecule has 2 aliphatic heterocycles. The van der Waals surface area contributed by atoms with E-state index in [4.69, 9.17) is 23.2 Å². The highest BCUT2D eigenvalue weighted by Crippen LogP contribution is 2.33. The first-order chi connectivity index (χ1) is 30.3. The number of pyridine rings is 2. The Morgan fingerprint density at radius 3 is 1.71 bits per heavy atom. The normalized spacial score (nSPS) is 16.5. The van der Waals surface area contributed by atoms with E-state index >= 15 is 0 Å². The number of imidazole rings is 2. The van der Waals surface area contributed by atoms with E-state index in [-0.39, 0.29) is 23.7 Å². The van der Waals surface area contributed by atoms with Crippen LogP contribution >= 0.6 is 45.9 Å². The Bertz CT molecular complexity index is 2820. The van der Waals surface area contributed by atoms with Crippen LogP contribution in [0.4, 0.5) is 11.6 Å². The number of nitrogens with one attached hydrogen (secondary N) is 4. The molecule has 0 bridgehead atoms. The van der Waals surface area contributed by atoms with E-state index in [9.17, 15) is 9.59 Å². The molecule has 0 radical (unpaired) electrons. The predicted octanol–water partition coefficient (Wildman–Crippen LogP) is 8.39. The van der Waals surface area contributed by atoms with Gasteiger partial charge < -0.3 is 30.4 Å². The van der Waals surface area contributed by atoms with Crippen LogP contribution in [0.2, 0.25) is 10.0 Å². The molecule has 2 fully saturated rings. The van der Waals surface area contributed by atoms with E-state index in [0.717, 1.165) is 94.5 Å². The van der Waals surface area contributed by atoms with Crippen LogP contribution in [-0.2, 0) is 22.7 Å². The van der Waals surface area contributed by atoms with Gasteiger partial charge in [0.25, 0.3) is 0 Å². The Kier molecular flexibility index (Phi) is 12.9. The minimum absolute atomic E-state index is 0.00948. The molecule has 6 aromatic heterocycles. The van der Waals surface area contributed by atoms with Crippen LogP contribution < -0.4 is 21.3 Å². The van der Waals surface area contributed by atoms with Crippen LogP contribution in [0.3, 0.4) is 0 Å². The molecule has 316 valence electrons. The molecule has 62 heavy (non-hydrogen) atoms. The fraction of sp³-hybridized carbons (Fsp3) is 0.273. The largest absolute Gasteiger partial charge is 0.324 e. The van der Waals surface area contributed by atoms with Gasteiger partial charge in [0, 0.05) is 47.4 Å². The summed E-state index contributed by atoms with van der Waals surface area (Å²) >= 11 is 16.1. The first kappa shape index (κ1) is 41.7. The number of anilines is 2. The number of halogens is 2. The molecule has 8 heterocycles. The molecule has 2 aromatic carbocycles. The maximum absolute atomic E-state index is 12.6. The predicted molar refractivity (Wildman–Crippen MR) is 247 cm³/mol. The number of rotatable bonds is 10. The summed E-state index contributed by atoms with van der Waals surface area (Å²) in [7, 11) is 0. The van der Waals surface area contributed by atoms with Crippen molar-refractivity contribution >= 4 is 91.4 Å². The number of piperidine rings is 2. The van der Waals surface area contributed by atoms with Gasteiger partial charge in [0.1, 0.15) is 11.6 Å². The molecule has 0 saturated carbocycles. The first-order valence-electron chi connectivity index (χ1n) is 20.3. The lowest BCUT2D eigenvalue weighted by Gasteiger charge is -2.21. The van der Waals surface area contributed by atoms with Gasteiger partial charge in [-0.3, -0.25) is 9.59 Å². The van der Waals surface area contributed by atoms with Crippen LogP contribution in [0, 0.1) is 11.8 Å². The zero-order valence-electron chi connectivity index (χ0n) is 33.4. The SMILES string of the molecule is O=C(Nc1cc(-c2ccc3c(c2)ncn3Cc2cscn2)c(Cl)cn1)[C@@H]1CCCNC1.O=C(Nc1cc(-c2ccc3ncn(Cc4cscn4)c3c2)c(Cl)cn1)C1CCCNC1. The molecule has 10 rings (SSSR count). The number of hydrogen-bond donors (Lipinski definition) is 4. The zero-order valence-corrected chi connectivity index (χ0v) is 36.6. The summed E-state index contributed by atoms with van der Waals surface area (Å²) < 4.78 is 4.15. The summed E-state index contributed by atoms with van der Waals surface area (Å²) in [5.41, 5.74) is 13.0. The monoisotopic (exact) mass is 904 g/mol. The highest BCUT2D eigenvalue weighted by atomic mass is 35.5. The number of benzene rings is 2.